The number of halogens is 2. The van der Waals surface area contributed by atoms with E-state index in [1.54, 1.807) is 0 Å². The van der Waals surface area contributed by atoms with Crippen molar-refractivity contribution in [3.05, 3.63) is 23.8 Å². The Morgan fingerprint density at radius 1 is 1.08 bits per heavy atom. The highest BCUT2D eigenvalue weighted by atomic mass is 19.2. The van der Waals surface area contributed by atoms with Gasteiger partial charge in [-0.15, -0.1) is 0 Å². The molecule has 1 aromatic rings. The van der Waals surface area contributed by atoms with Gasteiger partial charge in [0.05, 0.1) is 24.5 Å². The monoisotopic (exact) mass is 503 g/mol. The largest absolute Gasteiger partial charge is 0.397 e. The topological polar surface area (TPSA) is 81.6 Å². The van der Waals surface area contributed by atoms with Crippen LogP contribution in [0.15, 0.2) is 12.1 Å². The van der Waals surface area contributed by atoms with Crippen LogP contribution in [0.1, 0.15) is 71.6 Å². The molecule has 0 aromatic heterocycles. The van der Waals surface area contributed by atoms with Gasteiger partial charge >= 0.3 is 0 Å². The Balaban J connectivity index is 1.34. The molecule has 8 unspecified atom stereocenters. The van der Waals surface area contributed by atoms with Gasteiger partial charge in [0.1, 0.15) is 0 Å². The van der Waals surface area contributed by atoms with E-state index in [0.29, 0.717) is 23.2 Å². The van der Waals surface area contributed by atoms with Gasteiger partial charge in [0.25, 0.3) is 0 Å². The van der Waals surface area contributed by atoms with Gasteiger partial charge in [0.15, 0.2) is 17.4 Å². The van der Waals surface area contributed by atoms with Crippen LogP contribution in [-0.4, -0.2) is 26.0 Å². The molecule has 0 aliphatic heterocycles. The number of carbonyl (C=O) groups excluding carboxylic acids is 1. The number of nitrogens with zero attached hydrogens (tertiary/aromatic N) is 1. The lowest BCUT2D eigenvalue weighted by molar-refractivity contribution is -0.154. The number of hydrogen-bond acceptors (Lipinski definition) is 5. The zero-order valence-corrected chi connectivity index (χ0v) is 22.1. The molecular formula is C29H43F2N3O2. The molecule has 0 amide bonds. The van der Waals surface area contributed by atoms with Crippen molar-refractivity contribution in [3.8, 4) is 0 Å². The first-order valence-corrected chi connectivity index (χ1v) is 13.9. The maximum Gasteiger partial charge on any atom is 0.161 e. The van der Waals surface area contributed by atoms with E-state index in [1.807, 2.05) is 7.11 Å². The fourth-order valence-electron chi connectivity index (χ4n) is 9.51. The summed E-state index contributed by atoms with van der Waals surface area (Å²) in [4.78, 5) is 13.6. The summed E-state index contributed by atoms with van der Waals surface area (Å²) >= 11 is 0. The van der Waals surface area contributed by atoms with Gasteiger partial charge in [-0.1, -0.05) is 20.3 Å². The molecule has 1 aromatic carbocycles. The second-order valence-corrected chi connectivity index (χ2v) is 12.8. The Hall–Kier alpha value is -1.73. The van der Waals surface area contributed by atoms with Crippen molar-refractivity contribution < 1.29 is 18.3 Å². The molecule has 4 N–H and O–H groups in total. The molecule has 4 aliphatic rings. The predicted octanol–water partition coefficient (Wildman–Crippen LogP) is 5.72. The standard InChI is InChI=1S/C29H43F2N3O2/c1-17-8-11-29(16-36-3)18(12-17)4-5-19-20-6-7-22(28(20,2)10-9-21(19)29)27(35)15-34(33)26-14-24(31)23(30)13-25(26)32/h13-14,17-22H,4-12,15-16,32-33H2,1-3H3. The summed E-state index contributed by atoms with van der Waals surface area (Å²) in [6, 6.07) is 1.89. The smallest absolute Gasteiger partial charge is 0.161 e. The van der Waals surface area contributed by atoms with Crippen molar-refractivity contribution in [3.63, 3.8) is 0 Å². The molecule has 4 aliphatic carbocycles. The Morgan fingerprint density at radius 2 is 1.83 bits per heavy atom. The first-order chi connectivity index (χ1) is 17.1. The Labute approximate surface area is 214 Å². The van der Waals surface area contributed by atoms with E-state index in [-0.39, 0.29) is 35.0 Å². The van der Waals surface area contributed by atoms with Crippen LogP contribution in [0.3, 0.4) is 0 Å². The Morgan fingerprint density at radius 3 is 2.58 bits per heavy atom. The van der Waals surface area contributed by atoms with E-state index in [1.165, 1.54) is 37.1 Å². The third-order valence-electron chi connectivity index (χ3n) is 11.1. The van der Waals surface area contributed by atoms with E-state index in [4.69, 9.17) is 16.3 Å². The number of carbonyl (C=O) groups is 1. The number of hydrazine groups is 1. The molecule has 4 fully saturated rings. The number of ketones is 1. The minimum absolute atomic E-state index is 0.0298. The van der Waals surface area contributed by atoms with Crippen molar-refractivity contribution in [1.82, 2.24) is 0 Å². The van der Waals surface area contributed by atoms with Crippen LogP contribution in [0.2, 0.25) is 0 Å². The second-order valence-electron chi connectivity index (χ2n) is 12.8. The molecule has 0 saturated heterocycles. The molecule has 0 heterocycles. The quantitative estimate of drug-likeness (QED) is 0.295. The number of methoxy groups -OCH3 is 1. The Kier molecular flexibility index (Phi) is 6.86. The number of rotatable bonds is 6. The maximum atomic E-state index is 13.8. The van der Waals surface area contributed by atoms with Crippen LogP contribution in [0.4, 0.5) is 20.2 Å². The third-order valence-corrected chi connectivity index (χ3v) is 11.1. The molecule has 36 heavy (non-hydrogen) atoms. The van der Waals surface area contributed by atoms with E-state index in [2.05, 4.69) is 13.8 Å². The van der Waals surface area contributed by atoms with Crippen LogP contribution in [0.25, 0.3) is 0 Å². The number of nitrogen functional groups attached to an aromatic ring is 1. The zero-order valence-electron chi connectivity index (χ0n) is 22.1. The molecule has 8 atom stereocenters. The summed E-state index contributed by atoms with van der Waals surface area (Å²) in [6.45, 7) is 5.55. The molecular weight excluding hydrogens is 460 g/mol. The fraction of sp³-hybridized carbons (Fsp3) is 0.759. The number of benzene rings is 1. The Bertz CT molecular complexity index is 1000. The van der Waals surface area contributed by atoms with E-state index in [0.717, 1.165) is 56.3 Å². The minimum Gasteiger partial charge on any atom is -0.397 e. The number of ether oxygens (including phenoxy) is 1. The van der Waals surface area contributed by atoms with Gasteiger partial charge in [0.2, 0.25) is 0 Å². The first-order valence-electron chi connectivity index (χ1n) is 13.9. The number of anilines is 2. The summed E-state index contributed by atoms with van der Waals surface area (Å²) in [7, 11) is 1.86. The lowest BCUT2D eigenvalue weighted by atomic mass is 9.44. The number of fused-ring (bicyclic) bond motifs is 5. The lowest BCUT2D eigenvalue weighted by Crippen LogP contribution is -2.56. The minimum atomic E-state index is -1.02. The van der Waals surface area contributed by atoms with Gasteiger partial charge in [-0.05, 0) is 91.8 Å². The first kappa shape index (κ1) is 25.9. The van der Waals surface area contributed by atoms with Crippen LogP contribution in [0.5, 0.6) is 0 Å². The number of hydrogen-bond donors (Lipinski definition) is 2. The van der Waals surface area contributed by atoms with Gasteiger partial charge < -0.3 is 15.5 Å². The molecule has 4 saturated carbocycles. The SMILES string of the molecule is COCC12CCC(C)CC1CCC1C3CCC(C(=O)CN(N)c4cc(F)c(F)cc4N)C3(C)CCC12. The van der Waals surface area contributed by atoms with Crippen LogP contribution < -0.4 is 16.6 Å². The van der Waals surface area contributed by atoms with E-state index in [9.17, 15) is 13.6 Å². The van der Waals surface area contributed by atoms with E-state index >= 15 is 0 Å². The van der Waals surface area contributed by atoms with Crippen molar-refractivity contribution in [2.24, 2.45) is 52.2 Å². The molecule has 5 nitrogen and oxygen atoms in total. The summed E-state index contributed by atoms with van der Waals surface area (Å²) in [6.07, 6.45) is 10.6. The highest BCUT2D eigenvalue weighted by Gasteiger charge is 2.62. The van der Waals surface area contributed by atoms with Crippen molar-refractivity contribution in [1.29, 1.82) is 0 Å². The second kappa shape index (κ2) is 9.54. The normalized spacial score (nSPS) is 39.7. The van der Waals surface area contributed by atoms with Gasteiger partial charge in [0, 0.05) is 25.2 Å². The van der Waals surface area contributed by atoms with Crippen LogP contribution >= 0.6 is 0 Å². The van der Waals surface area contributed by atoms with Gasteiger partial charge in [-0.3, -0.25) is 4.79 Å². The summed E-state index contributed by atoms with van der Waals surface area (Å²) in [5, 5.41) is 1.19. The molecule has 0 radical (unpaired) electrons. The third kappa shape index (κ3) is 4.05. The van der Waals surface area contributed by atoms with Crippen molar-refractivity contribution >= 4 is 17.2 Å². The van der Waals surface area contributed by atoms with Crippen molar-refractivity contribution in [2.75, 3.05) is 31.0 Å². The predicted molar refractivity (Wildman–Crippen MR) is 138 cm³/mol. The van der Waals surface area contributed by atoms with Gasteiger partial charge in [-0.2, -0.15) is 0 Å². The number of nitrogens with two attached hydrogens (primary N) is 2. The van der Waals surface area contributed by atoms with Crippen molar-refractivity contribution in [2.45, 2.75) is 71.6 Å². The molecule has 7 heteroatoms. The average molecular weight is 504 g/mol. The van der Waals surface area contributed by atoms with Gasteiger partial charge in [-0.25, -0.2) is 14.6 Å². The summed E-state index contributed by atoms with van der Waals surface area (Å²) in [5.74, 6) is 7.58. The highest BCUT2D eigenvalue weighted by molar-refractivity contribution is 5.87. The summed E-state index contributed by atoms with van der Waals surface area (Å²) in [5.41, 5.74) is 6.31. The fourth-order valence-corrected chi connectivity index (χ4v) is 9.51. The van der Waals surface area contributed by atoms with Crippen LogP contribution in [-0.2, 0) is 9.53 Å². The average Bonchev–Trinajstić information content (AvgIpc) is 3.19. The van der Waals surface area contributed by atoms with E-state index < -0.39 is 11.6 Å². The summed E-state index contributed by atoms with van der Waals surface area (Å²) < 4.78 is 33.2. The molecule has 0 spiro atoms. The maximum absolute atomic E-state index is 13.8. The zero-order chi connectivity index (χ0) is 25.8. The highest BCUT2D eigenvalue weighted by Crippen LogP contribution is 2.68. The lowest BCUT2D eigenvalue weighted by Gasteiger charge is -2.62. The number of Topliss-reactive ketones (excluding diaryl/α,β-unsaturated/α-hetero) is 1. The molecule has 5 rings (SSSR count). The van der Waals surface area contributed by atoms with Crippen LogP contribution in [0, 0.1) is 58.0 Å². The molecule has 0 bridgehead atoms. The molecule has 200 valence electrons.